The summed E-state index contributed by atoms with van der Waals surface area (Å²) in [5.41, 5.74) is -0.416. The number of carbonyl (C=O) groups excluding carboxylic acids is 1. The van der Waals surface area contributed by atoms with E-state index in [4.69, 9.17) is 5.26 Å². The molecule has 0 aliphatic carbocycles. The van der Waals surface area contributed by atoms with Crippen LogP contribution in [0, 0.1) is 14.9 Å². The molecule has 0 aliphatic heterocycles. The van der Waals surface area contributed by atoms with Crippen molar-refractivity contribution < 1.29 is 27.4 Å². The highest BCUT2D eigenvalue weighted by molar-refractivity contribution is 14.1. The van der Waals surface area contributed by atoms with Crippen LogP contribution in [-0.2, 0) is 4.74 Å². The Morgan fingerprint density at radius 3 is 2.50 bits per heavy atom. The van der Waals surface area contributed by atoms with Gasteiger partial charge in [-0.15, -0.1) is 13.2 Å². The first kappa shape index (κ1) is 14.6. The molecule has 0 fully saturated rings. The van der Waals surface area contributed by atoms with E-state index in [1.807, 2.05) is 0 Å². The molecule has 0 radical (unpaired) electrons. The smallest absolute Gasteiger partial charge is 0.465 e. The normalized spacial score (nSPS) is 10.7. The van der Waals surface area contributed by atoms with Gasteiger partial charge in [0.25, 0.3) is 0 Å². The van der Waals surface area contributed by atoms with E-state index in [9.17, 15) is 18.0 Å². The van der Waals surface area contributed by atoms with Crippen molar-refractivity contribution in [3.05, 3.63) is 26.8 Å². The maximum Gasteiger partial charge on any atom is 0.573 e. The number of hydrogen-bond donors (Lipinski definition) is 0. The third kappa shape index (κ3) is 3.25. The Hall–Kier alpha value is -1.50. The molecule has 0 heterocycles. The number of benzene rings is 1. The van der Waals surface area contributed by atoms with Gasteiger partial charge in [0.15, 0.2) is 5.75 Å². The highest BCUT2D eigenvalue weighted by Gasteiger charge is 2.34. The van der Waals surface area contributed by atoms with Gasteiger partial charge in [-0.2, -0.15) is 5.26 Å². The SMILES string of the molecule is COC(=O)c1ccc(C#N)c(OC(F)(F)F)c1I. The van der Waals surface area contributed by atoms with Gasteiger partial charge < -0.3 is 9.47 Å². The average Bonchev–Trinajstić information content (AvgIpc) is 2.29. The maximum atomic E-state index is 12.2. The molecular weight excluding hydrogens is 366 g/mol. The third-order valence-corrected chi connectivity index (χ3v) is 2.91. The van der Waals surface area contributed by atoms with Crippen LogP contribution in [0.5, 0.6) is 5.75 Å². The molecule has 0 amide bonds. The number of methoxy groups -OCH3 is 1. The topological polar surface area (TPSA) is 59.3 Å². The van der Waals surface area contributed by atoms with E-state index < -0.39 is 18.1 Å². The Bertz CT molecular complexity index is 522. The van der Waals surface area contributed by atoms with E-state index in [0.717, 1.165) is 13.2 Å². The predicted octanol–water partition coefficient (Wildman–Crippen LogP) is 2.85. The zero-order chi connectivity index (χ0) is 13.9. The van der Waals surface area contributed by atoms with Crippen LogP contribution in [0.2, 0.25) is 0 Å². The van der Waals surface area contributed by atoms with Gasteiger partial charge in [-0.05, 0) is 34.7 Å². The molecule has 4 nitrogen and oxygen atoms in total. The molecule has 18 heavy (non-hydrogen) atoms. The van der Waals surface area contributed by atoms with Crippen LogP contribution in [-0.4, -0.2) is 19.4 Å². The van der Waals surface area contributed by atoms with E-state index in [-0.39, 0.29) is 14.7 Å². The molecule has 1 aromatic carbocycles. The summed E-state index contributed by atoms with van der Waals surface area (Å²) in [6.07, 6.45) is -4.94. The van der Waals surface area contributed by atoms with Crippen LogP contribution in [0.15, 0.2) is 12.1 Å². The number of halogens is 4. The van der Waals surface area contributed by atoms with E-state index in [1.165, 1.54) is 28.7 Å². The first-order valence-corrected chi connectivity index (χ1v) is 5.44. The lowest BCUT2D eigenvalue weighted by Crippen LogP contribution is -2.19. The Labute approximate surface area is 113 Å². The summed E-state index contributed by atoms with van der Waals surface area (Å²) in [4.78, 5) is 11.3. The zero-order valence-corrected chi connectivity index (χ0v) is 11.0. The number of carbonyl (C=O) groups is 1. The fraction of sp³-hybridized carbons (Fsp3) is 0.200. The summed E-state index contributed by atoms with van der Waals surface area (Å²) in [6, 6.07) is 3.83. The first-order valence-electron chi connectivity index (χ1n) is 4.36. The van der Waals surface area contributed by atoms with Gasteiger partial charge in [-0.3, -0.25) is 0 Å². The molecule has 8 heteroatoms. The standard InChI is InChI=1S/C10H5F3INO3/c1-17-9(16)6-3-2-5(4-15)8(7(6)14)18-10(11,12)13/h2-3H,1H3. The minimum atomic E-state index is -4.94. The lowest BCUT2D eigenvalue weighted by Gasteiger charge is -2.13. The highest BCUT2D eigenvalue weighted by Crippen LogP contribution is 2.33. The first-order chi connectivity index (χ1) is 8.30. The molecule has 1 aromatic rings. The number of nitrogens with zero attached hydrogens (tertiary/aromatic N) is 1. The number of nitriles is 1. The zero-order valence-electron chi connectivity index (χ0n) is 8.84. The summed E-state index contributed by atoms with van der Waals surface area (Å²) in [5, 5.41) is 8.71. The Balaban J connectivity index is 3.37. The minimum absolute atomic E-state index is 0.101. The average molecular weight is 371 g/mol. The molecule has 0 bridgehead atoms. The second-order valence-electron chi connectivity index (χ2n) is 2.95. The van der Waals surface area contributed by atoms with E-state index >= 15 is 0 Å². The molecule has 0 saturated heterocycles. The molecule has 0 unspecified atom stereocenters. The lowest BCUT2D eigenvalue weighted by molar-refractivity contribution is -0.275. The summed E-state index contributed by atoms with van der Waals surface area (Å²) in [6.45, 7) is 0. The molecule has 96 valence electrons. The fourth-order valence-corrected chi connectivity index (χ4v) is 1.93. The Kier molecular flexibility index (Phi) is 4.39. The van der Waals surface area contributed by atoms with Crippen molar-refractivity contribution >= 4 is 28.6 Å². The van der Waals surface area contributed by atoms with E-state index in [2.05, 4.69) is 9.47 Å². The number of rotatable bonds is 2. The summed E-state index contributed by atoms with van der Waals surface area (Å²) in [7, 11) is 1.10. The van der Waals surface area contributed by atoms with Crippen LogP contribution >= 0.6 is 22.6 Å². The van der Waals surface area contributed by atoms with Crippen LogP contribution < -0.4 is 4.74 Å². The van der Waals surface area contributed by atoms with Crippen molar-refractivity contribution in [3.63, 3.8) is 0 Å². The van der Waals surface area contributed by atoms with Gasteiger partial charge in [-0.25, -0.2) is 4.79 Å². The molecular formula is C10H5F3INO3. The molecule has 0 spiro atoms. The monoisotopic (exact) mass is 371 g/mol. The second-order valence-corrected chi connectivity index (χ2v) is 4.03. The third-order valence-electron chi connectivity index (χ3n) is 1.84. The molecule has 0 atom stereocenters. The quantitative estimate of drug-likeness (QED) is 0.593. The van der Waals surface area contributed by atoms with Crippen molar-refractivity contribution in [3.8, 4) is 11.8 Å². The highest BCUT2D eigenvalue weighted by atomic mass is 127. The number of esters is 1. The van der Waals surface area contributed by atoms with Gasteiger partial charge in [0, 0.05) is 0 Å². The molecule has 0 aliphatic rings. The van der Waals surface area contributed by atoms with Crippen molar-refractivity contribution in [2.45, 2.75) is 6.36 Å². The van der Waals surface area contributed by atoms with Gasteiger partial charge in [-0.1, -0.05) is 0 Å². The largest absolute Gasteiger partial charge is 0.573 e. The summed E-state index contributed by atoms with van der Waals surface area (Å²) in [5.74, 6) is -1.51. The van der Waals surface area contributed by atoms with Crippen LogP contribution in [0.25, 0.3) is 0 Å². The lowest BCUT2D eigenvalue weighted by atomic mass is 10.1. The Morgan fingerprint density at radius 2 is 2.06 bits per heavy atom. The predicted molar refractivity (Wildman–Crippen MR) is 61.9 cm³/mol. The molecule has 0 saturated carbocycles. The van der Waals surface area contributed by atoms with Crippen LogP contribution in [0.1, 0.15) is 15.9 Å². The van der Waals surface area contributed by atoms with E-state index in [0.29, 0.717) is 0 Å². The molecule has 1 rings (SSSR count). The minimum Gasteiger partial charge on any atom is -0.465 e. The van der Waals surface area contributed by atoms with Gasteiger partial charge in [0.2, 0.25) is 0 Å². The van der Waals surface area contributed by atoms with Crippen LogP contribution in [0.4, 0.5) is 13.2 Å². The van der Waals surface area contributed by atoms with Crippen molar-refractivity contribution in [2.75, 3.05) is 7.11 Å². The maximum absolute atomic E-state index is 12.2. The molecule has 0 N–H and O–H groups in total. The van der Waals surface area contributed by atoms with Gasteiger partial charge >= 0.3 is 12.3 Å². The number of ether oxygens (including phenoxy) is 2. The summed E-state index contributed by atoms with van der Waals surface area (Å²) < 4.78 is 44.6. The Morgan fingerprint density at radius 1 is 1.44 bits per heavy atom. The van der Waals surface area contributed by atoms with Crippen LogP contribution in [0.3, 0.4) is 0 Å². The molecule has 0 aromatic heterocycles. The van der Waals surface area contributed by atoms with Gasteiger partial charge in [0.05, 0.1) is 21.8 Å². The summed E-state index contributed by atoms with van der Waals surface area (Å²) >= 11 is 1.49. The fourth-order valence-electron chi connectivity index (χ4n) is 1.13. The number of hydrogen-bond acceptors (Lipinski definition) is 4. The van der Waals surface area contributed by atoms with Gasteiger partial charge in [0.1, 0.15) is 6.07 Å². The van der Waals surface area contributed by atoms with Crippen molar-refractivity contribution in [1.82, 2.24) is 0 Å². The van der Waals surface area contributed by atoms with E-state index in [1.54, 1.807) is 6.07 Å². The number of alkyl halides is 3. The van der Waals surface area contributed by atoms with Crippen molar-refractivity contribution in [1.29, 1.82) is 5.26 Å². The second kappa shape index (κ2) is 5.43. The van der Waals surface area contributed by atoms with Crippen molar-refractivity contribution in [2.24, 2.45) is 0 Å².